The van der Waals surface area contributed by atoms with Crippen LogP contribution in [-0.4, -0.2) is 18.0 Å². The van der Waals surface area contributed by atoms with Gasteiger partial charge in [0.2, 0.25) is 0 Å². The van der Waals surface area contributed by atoms with Crippen LogP contribution in [0, 0.1) is 0 Å². The molecule has 1 aromatic rings. The van der Waals surface area contributed by atoms with Crippen LogP contribution in [0.1, 0.15) is 11.6 Å². The van der Waals surface area contributed by atoms with Crippen LogP contribution < -0.4 is 16.2 Å². The number of ether oxygens (including phenoxy) is 1. The van der Waals surface area contributed by atoms with Crippen LogP contribution in [0.25, 0.3) is 0 Å². The molecule has 1 atom stereocenters. The van der Waals surface area contributed by atoms with Crippen molar-refractivity contribution in [3.8, 4) is 11.5 Å². The standard InChI is InChI=1S/C9H11F3N2O2/c10-9(11,12)16-8-3-5(6(14)4-13)1-2-7(8)15/h1-3,6,15H,4,13-14H2/t6-/m0/s1. The van der Waals surface area contributed by atoms with Gasteiger partial charge in [-0.25, -0.2) is 0 Å². The first-order chi connectivity index (χ1) is 7.33. The maximum absolute atomic E-state index is 11.9. The van der Waals surface area contributed by atoms with Gasteiger partial charge in [-0.15, -0.1) is 13.2 Å². The summed E-state index contributed by atoms with van der Waals surface area (Å²) in [5.41, 5.74) is 11.2. The third-order valence-electron chi connectivity index (χ3n) is 1.89. The van der Waals surface area contributed by atoms with E-state index in [-0.39, 0.29) is 6.54 Å². The van der Waals surface area contributed by atoms with E-state index in [9.17, 15) is 13.2 Å². The summed E-state index contributed by atoms with van der Waals surface area (Å²) >= 11 is 0. The largest absolute Gasteiger partial charge is 0.573 e. The molecule has 1 rings (SSSR count). The molecule has 0 radical (unpaired) electrons. The fourth-order valence-electron chi connectivity index (χ4n) is 1.10. The van der Waals surface area contributed by atoms with E-state index in [1.807, 2.05) is 0 Å². The molecule has 0 bridgehead atoms. The number of benzene rings is 1. The predicted octanol–water partition coefficient (Wildman–Crippen LogP) is 1.25. The van der Waals surface area contributed by atoms with Crippen LogP contribution in [0.5, 0.6) is 11.5 Å². The Kier molecular flexibility index (Phi) is 3.61. The molecule has 0 unspecified atom stereocenters. The molecule has 0 aliphatic heterocycles. The molecule has 90 valence electrons. The van der Waals surface area contributed by atoms with Crippen molar-refractivity contribution in [2.75, 3.05) is 6.54 Å². The van der Waals surface area contributed by atoms with Crippen molar-refractivity contribution in [3.63, 3.8) is 0 Å². The molecule has 0 fully saturated rings. The number of halogens is 3. The van der Waals surface area contributed by atoms with Gasteiger partial charge in [0.05, 0.1) is 0 Å². The van der Waals surface area contributed by atoms with Crippen molar-refractivity contribution in [3.05, 3.63) is 23.8 Å². The molecular formula is C9H11F3N2O2. The highest BCUT2D eigenvalue weighted by molar-refractivity contribution is 5.42. The van der Waals surface area contributed by atoms with E-state index in [4.69, 9.17) is 16.6 Å². The second kappa shape index (κ2) is 4.58. The molecule has 0 aliphatic carbocycles. The highest BCUT2D eigenvalue weighted by atomic mass is 19.4. The van der Waals surface area contributed by atoms with Crippen molar-refractivity contribution < 1.29 is 23.0 Å². The first-order valence-corrected chi connectivity index (χ1v) is 4.38. The Bertz CT molecular complexity index is 368. The molecule has 0 heterocycles. The molecular weight excluding hydrogens is 225 g/mol. The molecule has 0 spiro atoms. The second-order valence-electron chi connectivity index (χ2n) is 3.12. The molecule has 0 aromatic heterocycles. The summed E-state index contributed by atoms with van der Waals surface area (Å²) in [6.07, 6.45) is -4.86. The molecule has 1 aromatic carbocycles. The van der Waals surface area contributed by atoms with E-state index in [0.717, 1.165) is 12.1 Å². The summed E-state index contributed by atoms with van der Waals surface area (Å²) in [7, 11) is 0. The minimum atomic E-state index is -4.86. The minimum absolute atomic E-state index is 0.0796. The van der Waals surface area contributed by atoms with Crippen molar-refractivity contribution in [2.24, 2.45) is 11.5 Å². The molecule has 0 saturated carbocycles. The number of rotatable bonds is 3. The number of aromatic hydroxyl groups is 1. The zero-order valence-electron chi connectivity index (χ0n) is 8.16. The number of nitrogens with two attached hydrogens (primary N) is 2. The highest BCUT2D eigenvalue weighted by Gasteiger charge is 2.32. The summed E-state index contributed by atoms with van der Waals surface area (Å²) in [6, 6.07) is 2.87. The maximum Gasteiger partial charge on any atom is 0.573 e. The lowest BCUT2D eigenvalue weighted by atomic mass is 10.1. The second-order valence-corrected chi connectivity index (χ2v) is 3.12. The van der Waals surface area contributed by atoms with Gasteiger partial charge in [0, 0.05) is 12.6 Å². The lowest BCUT2D eigenvalue weighted by molar-refractivity contribution is -0.275. The molecule has 0 amide bonds. The molecule has 5 N–H and O–H groups in total. The first kappa shape index (κ1) is 12.6. The van der Waals surface area contributed by atoms with E-state index >= 15 is 0 Å². The third-order valence-corrected chi connectivity index (χ3v) is 1.89. The van der Waals surface area contributed by atoms with E-state index in [1.54, 1.807) is 0 Å². The Morgan fingerprint density at radius 3 is 2.50 bits per heavy atom. The van der Waals surface area contributed by atoms with E-state index in [1.165, 1.54) is 6.07 Å². The summed E-state index contributed by atoms with van der Waals surface area (Å²) in [4.78, 5) is 0. The SMILES string of the molecule is NC[C@H](N)c1ccc(O)c(OC(F)(F)F)c1. The Hall–Kier alpha value is -1.47. The lowest BCUT2D eigenvalue weighted by Crippen LogP contribution is -2.21. The van der Waals surface area contributed by atoms with Gasteiger partial charge < -0.3 is 21.3 Å². The summed E-state index contributed by atoms with van der Waals surface area (Å²) < 4.78 is 39.5. The van der Waals surface area contributed by atoms with Crippen molar-refractivity contribution >= 4 is 0 Å². The topological polar surface area (TPSA) is 81.5 Å². The van der Waals surface area contributed by atoms with Gasteiger partial charge in [0.25, 0.3) is 0 Å². The summed E-state index contributed by atoms with van der Waals surface area (Å²) in [5, 5.41) is 9.16. The smallest absolute Gasteiger partial charge is 0.504 e. The number of phenolic OH excluding ortho intramolecular Hbond substituents is 1. The van der Waals surface area contributed by atoms with Crippen LogP contribution in [0.4, 0.5) is 13.2 Å². The van der Waals surface area contributed by atoms with Crippen LogP contribution in [0.2, 0.25) is 0 Å². The van der Waals surface area contributed by atoms with Gasteiger partial charge in [0.15, 0.2) is 11.5 Å². The van der Waals surface area contributed by atoms with Crippen molar-refractivity contribution in [1.29, 1.82) is 0 Å². The van der Waals surface area contributed by atoms with Crippen LogP contribution in [0.3, 0.4) is 0 Å². The third kappa shape index (κ3) is 3.28. The number of hydrogen-bond acceptors (Lipinski definition) is 4. The number of phenols is 1. The predicted molar refractivity (Wildman–Crippen MR) is 50.8 cm³/mol. The van der Waals surface area contributed by atoms with Gasteiger partial charge in [-0.3, -0.25) is 0 Å². The Morgan fingerprint density at radius 1 is 1.38 bits per heavy atom. The average Bonchev–Trinajstić information content (AvgIpc) is 2.18. The van der Waals surface area contributed by atoms with Crippen LogP contribution >= 0.6 is 0 Å². The van der Waals surface area contributed by atoms with Gasteiger partial charge in [0.1, 0.15) is 0 Å². The summed E-state index contributed by atoms with van der Waals surface area (Å²) in [6.45, 7) is 0.0796. The monoisotopic (exact) mass is 236 g/mol. The molecule has 4 nitrogen and oxygen atoms in total. The Morgan fingerprint density at radius 2 is 2.00 bits per heavy atom. The summed E-state index contributed by atoms with van der Waals surface area (Å²) in [5.74, 6) is -1.29. The zero-order valence-corrected chi connectivity index (χ0v) is 8.16. The van der Waals surface area contributed by atoms with Gasteiger partial charge in [-0.2, -0.15) is 0 Å². The molecule has 0 aliphatic rings. The van der Waals surface area contributed by atoms with Crippen molar-refractivity contribution in [1.82, 2.24) is 0 Å². The highest BCUT2D eigenvalue weighted by Crippen LogP contribution is 2.33. The molecule has 0 saturated heterocycles. The van der Waals surface area contributed by atoms with Crippen LogP contribution in [0.15, 0.2) is 18.2 Å². The maximum atomic E-state index is 11.9. The normalized spacial score (nSPS) is 13.6. The van der Waals surface area contributed by atoms with Crippen LogP contribution in [-0.2, 0) is 0 Å². The van der Waals surface area contributed by atoms with Crippen molar-refractivity contribution in [2.45, 2.75) is 12.4 Å². The molecule has 16 heavy (non-hydrogen) atoms. The van der Waals surface area contributed by atoms with Gasteiger partial charge in [-0.1, -0.05) is 6.07 Å². The molecule has 7 heteroatoms. The first-order valence-electron chi connectivity index (χ1n) is 4.38. The lowest BCUT2D eigenvalue weighted by Gasteiger charge is -2.14. The fourth-order valence-corrected chi connectivity index (χ4v) is 1.10. The van der Waals surface area contributed by atoms with E-state index in [2.05, 4.69) is 4.74 Å². The minimum Gasteiger partial charge on any atom is -0.504 e. The average molecular weight is 236 g/mol. The zero-order chi connectivity index (χ0) is 12.3. The van der Waals surface area contributed by atoms with E-state index in [0.29, 0.717) is 5.56 Å². The van der Waals surface area contributed by atoms with Gasteiger partial charge in [-0.05, 0) is 17.7 Å². The van der Waals surface area contributed by atoms with E-state index < -0.39 is 23.9 Å². The van der Waals surface area contributed by atoms with Gasteiger partial charge >= 0.3 is 6.36 Å². The number of alkyl halides is 3. The quantitative estimate of drug-likeness (QED) is 0.737. The Balaban J connectivity index is 2.99. The fraction of sp³-hybridized carbons (Fsp3) is 0.333. The Labute approximate surface area is 89.6 Å². The number of hydrogen-bond donors (Lipinski definition) is 3.